The van der Waals surface area contributed by atoms with Crippen LogP contribution in [0.3, 0.4) is 0 Å². The number of carbonyl (C=O) groups excluding carboxylic acids is 1. The van der Waals surface area contributed by atoms with Gasteiger partial charge in [0.15, 0.2) is 0 Å². The van der Waals surface area contributed by atoms with E-state index in [0.29, 0.717) is 10.0 Å². The van der Waals surface area contributed by atoms with Gasteiger partial charge >= 0.3 is 0 Å². The van der Waals surface area contributed by atoms with Crippen molar-refractivity contribution in [1.29, 1.82) is 0 Å². The molecule has 1 aliphatic rings. The predicted molar refractivity (Wildman–Crippen MR) is 72.7 cm³/mol. The molecule has 0 bridgehead atoms. The van der Waals surface area contributed by atoms with E-state index >= 15 is 0 Å². The van der Waals surface area contributed by atoms with Crippen LogP contribution in [0.2, 0.25) is 10.0 Å². The third-order valence-corrected chi connectivity index (χ3v) is 4.60. The summed E-state index contributed by atoms with van der Waals surface area (Å²) < 4.78 is 0. The first-order valence-corrected chi connectivity index (χ1v) is 6.47. The molecule has 0 fully saturated rings. The molecule has 1 unspecified atom stereocenters. The van der Waals surface area contributed by atoms with E-state index in [1.165, 1.54) is 0 Å². The van der Waals surface area contributed by atoms with Crippen molar-refractivity contribution in [2.24, 2.45) is 0 Å². The lowest BCUT2D eigenvalue weighted by atomic mass is 9.83. The molecule has 92 valence electrons. The van der Waals surface area contributed by atoms with Crippen molar-refractivity contribution < 1.29 is 4.79 Å². The molecule has 1 aromatic rings. The fraction of sp³-hybridized carbons (Fsp3) is 0.417. The molecule has 1 amide bonds. The van der Waals surface area contributed by atoms with Gasteiger partial charge in [0.1, 0.15) is 0 Å². The summed E-state index contributed by atoms with van der Waals surface area (Å²) in [6.45, 7) is 3.71. The van der Waals surface area contributed by atoms with Gasteiger partial charge in [-0.1, -0.05) is 23.2 Å². The van der Waals surface area contributed by atoms with Crippen LogP contribution in [0.4, 0.5) is 5.69 Å². The lowest BCUT2D eigenvalue weighted by Crippen LogP contribution is -2.37. The highest BCUT2D eigenvalue weighted by Crippen LogP contribution is 2.49. The third-order valence-electron chi connectivity index (χ3n) is 3.38. The molecule has 0 saturated heterocycles. The maximum Gasteiger partial charge on any atom is 0.238 e. The van der Waals surface area contributed by atoms with E-state index in [-0.39, 0.29) is 11.8 Å². The van der Waals surface area contributed by atoms with E-state index in [1.807, 2.05) is 13.8 Å². The Morgan fingerprint density at radius 1 is 1.35 bits per heavy atom. The predicted octanol–water partition coefficient (Wildman–Crippen LogP) is 3.77. The molecule has 17 heavy (non-hydrogen) atoms. The zero-order valence-corrected chi connectivity index (χ0v) is 12.0. The number of amides is 1. The molecule has 0 saturated carbocycles. The monoisotopic (exact) mass is 291 g/mol. The second-order valence-corrected chi connectivity index (χ2v) is 5.60. The minimum Gasteiger partial charge on any atom is -0.313 e. The summed E-state index contributed by atoms with van der Waals surface area (Å²) in [5.74, 6) is 0.163. The second-order valence-electron chi connectivity index (χ2n) is 4.52. The maximum absolute atomic E-state index is 12.3. The van der Waals surface area contributed by atoms with Crippen molar-refractivity contribution in [3.63, 3.8) is 0 Å². The summed E-state index contributed by atoms with van der Waals surface area (Å²) in [5, 5.41) is 1.05. The molecule has 2 nitrogen and oxygen atoms in total. The standard InChI is InChI=1S/C12H12Cl3NO/c1-6-7(14)4-8(15)10-9(6)12(2,5-13)11(17)16(10)3/h4H,5H2,1-3H3. The number of hydrogen-bond acceptors (Lipinski definition) is 1. The lowest BCUT2D eigenvalue weighted by Gasteiger charge is -2.21. The summed E-state index contributed by atoms with van der Waals surface area (Å²) in [6, 6.07) is 1.67. The molecule has 1 heterocycles. The van der Waals surface area contributed by atoms with E-state index in [4.69, 9.17) is 34.8 Å². The molecule has 0 N–H and O–H groups in total. The number of benzene rings is 1. The zero-order valence-electron chi connectivity index (χ0n) is 9.77. The van der Waals surface area contributed by atoms with E-state index in [1.54, 1.807) is 18.0 Å². The Balaban J connectivity index is 2.85. The number of halogens is 3. The summed E-state index contributed by atoms with van der Waals surface area (Å²) in [6.07, 6.45) is 0. The largest absolute Gasteiger partial charge is 0.313 e. The molecular formula is C12H12Cl3NO. The van der Waals surface area contributed by atoms with Crippen molar-refractivity contribution in [3.8, 4) is 0 Å². The SMILES string of the molecule is Cc1c(Cl)cc(Cl)c2c1C(C)(CCl)C(=O)N2C. The molecule has 1 atom stereocenters. The number of nitrogens with zero attached hydrogens (tertiary/aromatic N) is 1. The molecule has 0 aliphatic carbocycles. The number of carbonyl (C=O) groups is 1. The normalized spacial score (nSPS) is 23.2. The summed E-state index contributed by atoms with van der Waals surface area (Å²) >= 11 is 18.3. The van der Waals surface area contributed by atoms with Gasteiger partial charge < -0.3 is 4.90 Å². The van der Waals surface area contributed by atoms with E-state index in [2.05, 4.69) is 0 Å². The van der Waals surface area contributed by atoms with Gasteiger partial charge in [0, 0.05) is 18.0 Å². The number of alkyl halides is 1. The molecule has 0 spiro atoms. The molecule has 0 aromatic heterocycles. The second kappa shape index (κ2) is 4.04. The summed E-state index contributed by atoms with van der Waals surface area (Å²) in [4.78, 5) is 13.8. The van der Waals surface area contributed by atoms with E-state index in [0.717, 1.165) is 16.8 Å². The van der Waals surface area contributed by atoms with Crippen molar-refractivity contribution in [3.05, 3.63) is 27.2 Å². The Morgan fingerprint density at radius 3 is 2.47 bits per heavy atom. The topological polar surface area (TPSA) is 20.3 Å². The van der Waals surface area contributed by atoms with Gasteiger partial charge in [-0.2, -0.15) is 0 Å². The van der Waals surface area contributed by atoms with Crippen molar-refractivity contribution in [2.45, 2.75) is 19.3 Å². The van der Waals surface area contributed by atoms with Crippen LogP contribution in [-0.2, 0) is 10.2 Å². The Bertz CT molecular complexity index is 515. The van der Waals surface area contributed by atoms with Crippen LogP contribution in [0.5, 0.6) is 0 Å². The highest BCUT2D eigenvalue weighted by atomic mass is 35.5. The van der Waals surface area contributed by atoms with Crippen LogP contribution in [0.25, 0.3) is 0 Å². The first kappa shape index (κ1) is 13.0. The van der Waals surface area contributed by atoms with Crippen LogP contribution in [0.15, 0.2) is 6.07 Å². The quantitative estimate of drug-likeness (QED) is 0.722. The highest BCUT2D eigenvalue weighted by Gasteiger charge is 2.47. The first-order valence-electron chi connectivity index (χ1n) is 5.17. The molecule has 1 aromatic carbocycles. The molecule has 0 radical (unpaired) electrons. The summed E-state index contributed by atoms with van der Waals surface area (Å²) in [5.41, 5.74) is 1.69. The highest BCUT2D eigenvalue weighted by molar-refractivity contribution is 6.38. The average Bonchev–Trinajstić information content (AvgIpc) is 2.49. The minimum absolute atomic E-state index is 0.0465. The summed E-state index contributed by atoms with van der Waals surface area (Å²) in [7, 11) is 1.71. The van der Waals surface area contributed by atoms with Crippen LogP contribution in [-0.4, -0.2) is 18.8 Å². The van der Waals surface area contributed by atoms with Crippen LogP contribution >= 0.6 is 34.8 Å². The number of fused-ring (bicyclic) bond motifs is 1. The van der Waals surface area contributed by atoms with Crippen LogP contribution in [0.1, 0.15) is 18.1 Å². The zero-order chi connectivity index (χ0) is 13.0. The molecule has 5 heteroatoms. The lowest BCUT2D eigenvalue weighted by molar-refractivity contribution is -0.121. The van der Waals surface area contributed by atoms with Gasteiger partial charge in [0.25, 0.3) is 0 Å². The van der Waals surface area contributed by atoms with Crippen molar-refractivity contribution in [1.82, 2.24) is 0 Å². The van der Waals surface area contributed by atoms with Gasteiger partial charge in [-0.3, -0.25) is 4.79 Å². The van der Waals surface area contributed by atoms with E-state index < -0.39 is 5.41 Å². The number of rotatable bonds is 1. The molecular weight excluding hydrogens is 280 g/mol. The maximum atomic E-state index is 12.3. The number of anilines is 1. The Labute approximate surface area is 115 Å². The third kappa shape index (κ3) is 1.58. The molecule has 1 aliphatic heterocycles. The fourth-order valence-electron chi connectivity index (χ4n) is 2.41. The molecule has 2 rings (SSSR count). The van der Waals surface area contributed by atoms with E-state index in [9.17, 15) is 4.79 Å². The Hall–Kier alpha value is -0.440. The number of hydrogen-bond donors (Lipinski definition) is 0. The average molecular weight is 293 g/mol. The van der Waals surface area contributed by atoms with Gasteiger partial charge in [0.05, 0.1) is 16.1 Å². The van der Waals surface area contributed by atoms with Crippen molar-refractivity contribution in [2.75, 3.05) is 17.8 Å². The fourth-order valence-corrected chi connectivity index (χ4v) is 3.25. The first-order chi connectivity index (χ1) is 7.84. The number of likely N-dealkylation sites (N-methyl/N-ethyl adjacent to an activating group) is 1. The van der Waals surface area contributed by atoms with Gasteiger partial charge in [-0.05, 0) is 31.0 Å². The van der Waals surface area contributed by atoms with Gasteiger partial charge in [-0.15, -0.1) is 11.6 Å². The van der Waals surface area contributed by atoms with Crippen LogP contribution in [0, 0.1) is 6.92 Å². The van der Waals surface area contributed by atoms with Crippen LogP contribution < -0.4 is 4.90 Å². The van der Waals surface area contributed by atoms with Gasteiger partial charge in [-0.25, -0.2) is 0 Å². The van der Waals surface area contributed by atoms with Crippen molar-refractivity contribution >= 4 is 46.4 Å². The Morgan fingerprint density at radius 2 is 1.94 bits per heavy atom. The van der Waals surface area contributed by atoms with Gasteiger partial charge in [0.2, 0.25) is 5.91 Å². The smallest absolute Gasteiger partial charge is 0.238 e. The minimum atomic E-state index is -0.746. The Kier molecular flexibility index (Phi) is 3.09.